The number of rotatable bonds is 2. The van der Waals surface area contributed by atoms with Crippen molar-refractivity contribution in [1.82, 2.24) is 0 Å². The molecular weight excluding hydrogens is 272 g/mol. The molecule has 2 aromatic carbocycles. The van der Waals surface area contributed by atoms with E-state index in [9.17, 15) is 0 Å². The molecule has 0 saturated carbocycles. The topological polar surface area (TPSA) is 18.5 Å². The fraction of sp³-hybridized carbons (Fsp3) is 0.200. The van der Waals surface area contributed by atoms with Crippen molar-refractivity contribution in [2.45, 2.75) is 11.7 Å². The van der Waals surface area contributed by atoms with Crippen molar-refractivity contribution >= 4 is 0 Å². The molecule has 0 aromatic heterocycles. The van der Waals surface area contributed by atoms with Gasteiger partial charge in [0.15, 0.2) is 5.60 Å². The molecule has 1 heterocycles. The molecular formula is C20H16O2. The Hall–Kier alpha value is -2.16. The Bertz CT molecular complexity index is 721. The highest BCUT2D eigenvalue weighted by molar-refractivity contribution is 5.52. The molecule has 5 rings (SSSR count). The van der Waals surface area contributed by atoms with Crippen molar-refractivity contribution < 1.29 is 9.78 Å². The summed E-state index contributed by atoms with van der Waals surface area (Å²) in [7, 11) is 0. The van der Waals surface area contributed by atoms with Gasteiger partial charge in [0.05, 0.1) is 0 Å². The first kappa shape index (κ1) is 12.4. The zero-order valence-electron chi connectivity index (χ0n) is 12.1. The molecule has 1 fully saturated rings. The van der Waals surface area contributed by atoms with E-state index in [1.54, 1.807) is 0 Å². The highest BCUT2D eigenvalue weighted by atomic mass is 17.2. The average molecular weight is 288 g/mol. The Labute approximate surface area is 129 Å². The van der Waals surface area contributed by atoms with E-state index < -0.39 is 5.60 Å². The van der Waals surface area contributed by atoms with E-state index in [-0.39, 0.29) is 6.10 Å². The molecule has 2 nitrogen and oxygen atoms in total. The molecule has 3 aliphatic rings. The van der Waals surface area contributed by atoms with Gasteiger partial charge in [-0.1, -0.05) is 78.9 Å². The first-order valence-corrected chi connectivity index (χ1v) is 7.76. The Kier molecular flexibility index (Phi) is 2.49. The van der Waals surface area contributed by atoms with E-state index in [1.165, 1.54) is 5.57 Å². The van der Waals surface area contributed by atoms with Crippen molar-refractivity contribution in [3.63, 3.8) is 0 Å². The average Bonchev–Trinajstić information content (AvgIpc) is 3.04. The van der Waals surface area contributed by atoms with Crippen LogP contribution in [0.4, 0.5) is 0 Å². The minimum absolute atomic E-state index is 0.0374. The Morgan fingerprint density at radius 2 is 1.41 bits per heavy atom. The molecule has 0 unspecified atom stereocenters. The van der Waals surface area contributed by atoms with Crippen LogP contribution >= 0.6 is 0 Å². The van der Waals surface area contributed by atoms with E-state index >= 15 is 0 Å². The van der Waals surface area contributed by atoms with Gasteiger partial charge in [0, 0.05) is 17.4 Å². The molecule has 1 saturated heterocycles. The van der Waals surface area contributed by atoms with E-state index in [0.29, 0.717) is 11.8 Å². The second kappa shape index (κ2) is 4.42. The van der Waals surface area contributed by atoms with Gasteiger partial charge in [-0.25, -0.2) is 9.78 Å². The van der Waals surface area contributed by atoms with Crippen molar-refractivity contribution in [3.8, 4) is 0 Å². The van der Waals surface area contributed by atoms with Gasteiger partial charge in [-0.05, 0) is 11.1 Å². The molecule has 0 spiro atoms. The normalized spacial score (nSPS) is 30.4. The number of hydrogen-bond acceptors (Lipinski definition) is 2. The molecule has 3 atom stereocenters. The summed E-state index contributed by atoms with van der Waals surface area (Å²) < 4.78 is 0. The summed E-state index contributed by atoms with van der Waals surface area (Å²) in [6, 6.07) is 20.8. The predicted molar refractivity (Wildman–Crippen MR) is 83.8 cm³/mol. The second-order valence-corrected chi connectivity index (χ2v) is 6.18. The van der Waals surface area contributed by atoms with Crippen LogP contribution in [0.5, 0.6) is 0 Å². The van der Waals surface area contributed by atoms with Gasteiger partial charge < -0.3 is 0 Å². The van der Waals surface area contributed by atoms with E-state index in [0.717, 1.165) is 11.1 Å². The van der Waals surface area contributed by atoms with Crippen LogP contribution in [0.2, 0.25) is 0 Å². The summed E-state index contributed by atoms with van der Waals surface area (Å²) in [5, 5.41) is 0. The molecule has 2 heteroatoms. The number of allylic oxidation sites excluding steroid dienone is 2. The van der Waals surface area contributed by atoms with Gasteiger partial charge >= 0.3 is 0 Å². The van der Waals surface area contributed by atoms with Gasteiger partial charge in [-0.3, -0.25) is 0 Å². The monoisotopic (exact) mass is 288 g/mol. The summed E-state index contributed by atoms with van der Waals surface area (Å²) in [6.07, 6.45) is 6.85. The molecule has 2 aliphatic carbocycles. The first-order chi connectivity index (χ1) is 10.9. The smallest absolute Gasteiger partial charge is 0.177 e. The molecule has 2 aromatic rings. The summed E-state index contributed by atoms with van der Waals surface area (Å²) in [4.78, 5) is 11.8. The summed E-state index contributed by atoms with van der Waals surface area (Å²) in [5.74, 6) is 0.931. The lowest BCUT2D eigenvalue weighted by molar-refractivity contribution is -0.326. The number of fused-ring (bicyclic) bond motifs is 3. The largest absolute Gasteiger partial charge is 0.226 e. The highest BCUT2D eigenvalue weighted by Crippen LogP contribution is 2.56. The SMILES string of the molecule is C1=C[C@H]2[C@@H]1C=C1[C@H]2OOC1(c1ccccc1)c1ccccc1. The van der Waals surface area contributed by atoms with Crippen LogP contribution in [0.1, 0.15) is 11.1 Å². The predicted octanol–water partition coefficient (Wildman–Crippen LogP) is 4.00. The van der Waals surface area contributed by atoms with Crippen LogP contribution in [0, 0.1) is 11.8 Å². The maximum Gasteiger partial charge on any atom is 0.177 e. The van der Waals surface area contributed by atoms with E-state index in [4.69, 9.17) is 9.78 Å². The highest BCUT2D eigenvalue weighted by Gasteiger charge is 2.57. The molecule has 0 N–H and O–H groups in total. The zero-order chi connectivity index (χ0) is 14.6. The minimum Gasteiger partial charge on any atom is -0.226 e. The van der Waals surface area contributed by atoms with Gasteiger partial charge in [-0.15, -0.1) is 0 Å². The third-order valence-electron chi connectivity index (χ3n) is 5.07. The van der Waals surface area contributed by atoms with Gasteiger partial charge in [0.25, 0.3) is 0 Å². The standard InChI is InChI=1S/C20H16O2/c1-3-7-15(8-4-1)20(16-9-5-2-6-10-16)18-13-14-11-12-17(14)19(18)21-22-20/h1-14,17,19H/t14-,17-,19-/m0/s1. The number of hydrogen-bond donors (Lipinski definition) is 0. The molecule has 108 valence electrons. The zero-order valence-corrected chi connectivity index (χ0v) is 12.1. The molecule has 0 bridgehead atoms. The van der Waals surface area contributed by atoms with E-state index in [2.05, 4.69) is 66.8 Å². The van der Waals surface area contributed by atoms with Crippen molar-refractivity contribution in [1.29, 1.82) is 0 Å². The Morgan fingerprint density at radius 3 is 1.95 bits per heavy atom. The molecule has 0 amide bonds. The molecule has 22 heavy (non-hydrogen) atoms. The lowest BCUT2D eigenvalue weighted by atomic mass is 9.77. The van der Waals surface area contributed by atoms with Gasteiger partial charge in [0.1, 0.15) is 6.10 Å². The second-order valence-electron chi connectivity index (χ2n) is 6.18. The number of benzene rings is 2. The lowest BCUT2D eigenvalue weighted by Gasteiger charge is -2.28. The quantitative estimate of drug-likeness (QED) is 0.614. The van der Waals surface area contributed by atoms with Crippen molar-refractivity contribution in [2.75, 3.05) is 0 Å². The van der Waals surface area contributed by atoms with E-state index in [1.807, 2.05) is 12.1 Å². The van der Waals surface area contributed by atoms with Crippen LogP contribution in [-0.4, -0.2) is 6.10 Å². The fourth-order valence-electron chi connectivity index (χ4n) is 3.89. The van der Waals surface area contributed by atoms with Crippen LogP contribution in [-0.2, 0) is 15.4 Å². The summed E-state index contributed by atoms with van der Waals surface area (Å²) in [5.41, 5.74) is 2.86. The molecule has 0 radical (unpaired) electrons. The van der Waals surface area contributed by atoms with Crippen molar-refractivity contribution in [2.24, 2.45) is 11.8 Å². The van der Waals surface area contributed by atoms with Crippen molar-refractivity contribution in [3.05, 3.63) is 95.6 Å². The summed E-state index contributed by atoms with van der Waals surface area (Å²) in [6.45, 7) is 0. The fourth-order valence-corrected chi connectivity index (χ4v) is 3.89. The van der Waals surface area contributed by atoms with Crippen LogP contribution in [0.25, 0.3) is 0 Å². The minimum atomic E-state index is -0.619. The first-order valence-electron chi connectivity index (χ1n) is 7.76. The molecule has 1 aliphatic heterocycles. The van der Waals surface area contributed by atoms with Gasteiger partial charge in [0.2, 0.25) is 0 Å². The Morgan fingerprint density at radius 1 is 0.773 bits per heavy atom. The lowest BCUT2D eigenvalue weighted by Crippen LogP contribution is -2.29. The Balaban J connectivity index is 1.73. The van der Waals surface area contributed by atoms with Crippen LogP contribution < -0.4 is 0 Å². The third kappa shape index (κ3) is 1.46. The maximum absolute atomic E-state index is 6.03. The van der Waals surface area contributed by atoms with Gasteiger partial charge in [-0.2, -0.15) is 0 Å². The maximum atomic E-state index is 6.03. The van der Waals surface area contributed by atoms with Crippen LogP contribution in [0.15, 0.2) is 84.5 Å². The summed E-state index contributed by atoms with van der Waals surface area (Å²) >= 11 is 0. The van der Waals surface area contributed by atoms with Crippen LogP contribution in [0.3, 0.4) is 0 Å². The third-order valence-corrected chi connectivity index (χ3v) is 5.07.